The maximum Gasteiger partial charge on any atom is 0.237 e. The third-order valence-electron chi connectivity index (χ3n) is 6.78. The first-order chi connectivity index (χ1) is 12.5. The van der Waals surface area contributed by atoms with E-state index in [9.17, 15) is 19.8 Å². The van der Waals surface area contributed by atoms with E-state index < -0.39 is 11.3 Å². The smallest absolute Gasteiger partial charge is 0.237 e. The van der Waals surface area contributed by atoms with E-state index in [1.807, 2.05) is 19.9 Å². The number of benzene rings is 1. The minimum Gasteiger partial charge on any atom is -0.504 e. The molecule has 0 radical (unpaired) electrons. The molecule has 148 valence electrons. The van der Waals surface area contributed by atoms with Crippen molar-refractivity contribution in [2.45, 2.75) is 78.1 Å². The van der Waals surface area contributed by atoms with Gasteiger partial charge in [-0.1, -0.05) is 40.2 Å². The van der Waals surface area contributed by atoms with Gasteiger partial charge in [-0.25, -0.2) is 0 Å². The van der Waals surface area contributed by atoms with Gasteiger partial charge in [-0.05, 0) is 48.5 Å². The summed E-state index contributed by atoms with van der Waals surface area (Å²) in [6, 6.07) is 1.94. The molecular weight excluding hydrogens is 342 g/mol. The molecule has 0 unspecified atom stereocenters. The van der Waals surface area contributed by atoms with Gasteiger partial charge < -0.3 is 10.2 Å². The van der Waals surface area contributed by atoms with Crippen LogP contribution in [-0.4, -0.2) is 22.0 Å². The fraction of sp³-hybridized carbons (Fsp3) is 0.636. The predicted octanol–water partition coefficient (Wildman–Crippen LogP) is 3.89. The Balaban J connectivity index is 2.30. The quantitative estimate of drug-likeness (QED) is 0.686. The zero-order chi connectivity index (χ0) is 20.1. The summed E-state index contributed by atoms with van der Waals surface area (Å²) >= 11 is 0. The Kier molecular flexibility index (Phi) is 4.77. The third kappa shape index (κ3) is 2.91. The van der Waals surface area contributed by atoms with Gasteiger partial charge in [0, 0.05) is 18.1 Å². The largest absolute Gasteiger partial charge is 0.504 e. The number of rotatable bonds is 2. The molecule has 0 spiro atoms. The number of aromatic hydroxyl groups is 2. The first-order valence-corrected chi connectivity index (χ1v) is 9.92. The molecule has 2 amide bonds. The maximum absolute atomic E-state index is 13.4. The van der Waals surface area contributed by atoms with E-state index in [2.05, 4.69) is 19.2 Å². The molecular formula is C22H31NO4. The maximum atomic E-state index is 13.4. The molecule has 0 aromatic heterocycles. The minimum absolute atomic E-state index is 0.000741. The Labute approximate surface area is 161 Å². The Morgan fingerprint density at radius 2 is 1.85 bits per heavy atom. The van der Waals surface area contributed by atoms with Gasteiger partial charge in [0.2, 0.25) is 11.8 Å². The Morgan fingerprint density at radius 3 is 2.44 bits per heavy atom. The summed E-state index contributed by atoms with van der Waals surface area (Å²) in [4.78, 5) is 25.1. The number of amides is 2. The van der Waals surface area contributed by atoms with Crippen molar-refractivity contribution in [3.8, 4) is 11.5 Å². The second-order valence-electron chi connectivity index (χ2n) is 9.27. The molecule has 2 aliphatic carbocycles. The number of imide groups is 1. The van der Waals surface area contributed by atoms with Crippen LogP contribution < -0.4 is 5.32 Å². The number of carbonyl (C=O) groups excluding carboxylic acids is 2. The Bertz CT molecular complexity index is 796. The highest BCUT2D eigenvalue weighted by Gasteiger charge is 2.58. The second-order valence-corrected chi connectivity index (χ2v) is 9.27. The van der Waals surface area contributed by atoms with Crippen LogP contribution in [0.3, 0.4) is 0 Å². The molecule has 0 bridgehead atoms. The van der Waals surface area contributed by atoms with Gasteiger partial charge in [0.1, 0.15) is 0 Å². The lowest BCUT2D eigenvalue weighted by Gasteiger charge is -2.54. The van der Waals surface area contributed by atoms with Crippen LogP contribution in [0.15, 0.2) is 6.07 Å². The van der Waals surface area contributed by atoms with E-state index in [-0.39, 0.29) is 34.7 Å². The number of phenols is 2. The summed E-state index contributed by atoms with van der Waals surface area (Å²) in [5, 5.41) is 24.2. The molecule has 1 aromatic rings. The van der Waals surface area contributed by atoms with Crippen molar-refractivity contribution < 1.29 is 19.8 Å². The summed E-state index contributed by atoms with van der Waals surface area (Å²) in [5.41, 5.74) is 1.07. The number of aryl methyl sites for hydroxylation is 1. The van der Waals surface area contributed by atoms with Crippen molar-refractivity contribution in [2.24, 2.45) is 11.3 Å². The monoisotopic (exact) mass is 373 g/mol. The first-order valence-electron chi connectivity index (χ1n) is 9.92. The Hall–Kier alpha value is -2.04. The number of hydrogen-bond donors (Lipinski definition) is 3. The van der Waals surface area contributed by atoms with E-state index in [1.165, 1.54) is 6.92 Å². The van der Waals surface area contributed by atoms with E-state index in [1.54, 1.807) is 0 Å². The number of hydrogen-bond acceptors (Lipinski definition) is 4. The number of carbonyl (C=O) groups is 2. The number of fused-ring (bicyclic) bond motifs is 3. The second kappa shape index (κ2) is 6.54. The van der Waals surface area contributed by atoms with E-state index >= 15 is 0 Å². The lowest BCUT2D eigenvalue weighted by Crippen LogP contribution is -2.58. The van der Waals surface area contributed by atoms with Crippen LogP contribution in [0.1, 0.15) is 82.9 Å². The van der Waals surface area contributed by atoms with Gasteiger partial charge >= 0.3 is 0 Å². The summed E-state index contributed by atoms with van der Waals surface area (Å²) < 4.78 is 0. The topological polar surface area (TPSA) is 86.6 Å². The summed E-state index contributed by atoms with van der Waals surface area (Å²) in [7, 11) is 0. The molecule has 1 aromatic carbocycles. The fourth-order valence-electron chi connectivity index (χ4n) is 5.60. The molecule has 2 aliphatic rings. The molecule has 5 nitrogen and oxygen atoms in total. The molecule has 1 saturated carbocycles. The van der Waals surface area contributed by atoms with Crippen molar-refractivity contribution >= 4 is 11.8 Å². The lowest BCUT2D eigenvalue weighted by molar-refractivity contribution is -0.139. The molecule has 0 saturated heterocycles. The van der Waals surface area contributed by atoms with Crippen LogP contribution in [0.2, 0.25) is 0 Å². The third-order valence-corrected chi connectivity index (χ3v) is 6.78. The molecule has 5 heteroatoms. The average Bonchev–Trinajstić information content (AvgIpc) is 2.56. The van der Waals surface area contributed by atoms with E-state index in [0.717, 1.165) is 31.2 Å². The molecule has 27 heavy (non-hydrogen) atoms. The van der Waals surface area contributed by atoms with Gasteiger partial charge in [0.05, 0.1) is 5.41 Å². The molecule has 3 N–H and O–H groups in total. The van der Waals surface area contributed by atoms with Gasteiger partial charge in [0.15, 0.2) is 11.5 Å². The van der Waals surface area contributed by atoms with Gasteiger partial charge in [-0.15, -0.1) is 0 Å². The average molecular weight is 373 g/mol. The highest BCUT2D eigenvalue weighted by Crippen LogP contribution is 2.60. The van der Waals surface area contributed by atoms with Crippen LogP contribution in [0.4, 0.5) is 0 Å². The molecule has 3 rings (SSSR count). The molecule has 1 fully saturated rings. The molecule has 2 atom stereocenters. The zero-order valence-corrected chi connectivity index (χ0v) is 17.0. The molecule has 0 aliphatic heterocycles. The minimum atomic E-state index is -0.988. The standard InChI is InChI=1S/C22H31NO4/c1-12(2)15-11-14-7-8-16-21(4,5)9-6-10-22(16,20(27)23-13(3)24)17(14)19(26)18(15)25/h11-12,16,25-26H,6-10H2,1-5H3,(H,23,24,27)/t16-,22+/m0/s1. The SMILES string of the molecule is CC(=O)NC(=O)[C@]12CCCC(C)(C)[C@@H]1CCc1cc(C(C)C)c(O)c(O)c12. The Morgan fingerprint density at radius 1 is 1.19 bits per heavy atom. The van der Waals surface area contributed by atoms with Crippen LogP contribution in [0.25, 0.3) is 0 Å². The molecule has 0 heterocycles. The zero-order valence-electron chi connectivity index (χ0n) is 17.0. The van der Waals surface area contributed by atoms with Crippen molar-refractivity contribution in [3.05, 3.63) is 22.8 Å². The highest BCUT2D eigenvalue weighted by atomic mass is 16.3. The van der Waals surface area contributed by atoms with Crippen molar-refractivity contribution in [3.63, 3.8) is 0 Å². The van der Waals surface area contributed by atoms with E-state index in [4.69, 9.17) is 0 Å². The van der Waals surface area contributed by atoms with Crippen LogP contribution in [0, 0.1) is 11.3 Å². The van der Waals surface area contributed by atoms with Crippen molar-refractivity contribution in [2.75, 3.05) is 0 Å². The van der Waals surface area contributed by atoms with Crippen LogP contribution in [-0.2, 0) is 21.4 Å². The van der Waals surface area contributed by atoms with E-state index in [0.29, 0.717) is 17.5 Å². The predicted molar refractivity (Wildman–Crippen MR) is 104 cm³/mol. The van der Waals surface area contributed by atoms with Crippen LogP contribution in [0.5, 0.6) is 11.5 Å². The first kappa shape index (κ1) is 19.7. The lowest BCUT2D eigenvalue weighted by atomic mass is 9.49. The summed E-state index contributed by atoms with van der Waals surface area (Å²) in [5.74, 6) is -1.00. The summed E-state index contributed by atoms with van der Waals surface area (Å²) in [6.45, 7) is 9.59. The van der Waals surface area contributed by atoms with Crippen molar-refractivity contribution in [1.82, 2.24) is 5.32 Å². The highest BCUT2D eigenvalue weighted by molar-refractivity contribution is 6.01. The van der Waals surface area contributed by atoms with Crippen molar-refractivity contribution in [1.29, 1.82) is 0 Å². The van der Waals surface area contributed by atoms with Crippen LogP contribution >= 0.6 is 0 Å². The number of phenolic OH excluding ortho intramolecular Hbond substituents is 2. The normalized spacial score (nSPS) is 26.2. The fourth-order valence-corrected chi connectivity index (χ4v) is 5.60. The van der Waals surface area contributed by atoms with Gasteiger partial charge in [-0.3, -0.25) is 14.9 Å². The summed E-state index contributed by atoms with van der Waals surface area (Å²) in [6.07, 6.45) is 3.99. The van der Waals surface area contributed by atoms with Gasteiger partial charge in [0.25, 0.3) is 0 Å². The number of nitrogens with one attached hydrogen (secondary N) is 1. The van der Waals surface area contributed by atoms with Gasteiger partial charge in [-0.2, -0.15) is 0 Å².